The van der Waals surface area contributed by atoms with E-state index in [1.807, 2.05) is 46.2 Å². The van der Waals surface area contributed by atoms with Crippen LogP contribution in [0.15, 0.2) is 54.7 Å². The molecule has 2 aromatic rings. The highest BCUT2D eigenvalue weighted by molar-refractivity contribution is 5.82. The van der Waals surface area contributed by atoms with E-state index in [9.17, 15) is 14.0 Å². The number of halogens is 1. The van der Waals surface area contributed by atoms with E-state index in [0.717, 1.165) is 11.1 Å². The van der Waals surface area contributed by atoms with Crippen LogP contribution in [0.5, 0.6) is 0 Å². The third-order valence-corrected chi connectivity index (χ3v) is 5.66. The van der Waals surface area contributed by atoms with Crippen molar-refractivity contribution < 1.29 is 14.0 Å². The number of hydrogen-bond acceptors (Lipinski definition) is 3. The maximum Gasteiger partial charge on any atom is 0.225 e. The minimum absolute atomic E-state index is 0.0135. The normalized spacial score (nSPS) is 18.6. The Morgan fingerprint density at radius 2 is 1.69 bits per heavy atom. The molecule has 2 heterocycles. The Kier molecular flexibility index (Phi) is 5.34. The fraction of sp³-hybridized carbons (Fsp3) is 0.304. The molecule has 6 heteroatoms. The quantitative estimate of drug-likeness (QED) is 0.802. The predicted molar refractivity (Wildman–Crippen MR) is 111 cm³/mol. The Morgan fingerprint density at radius 1 is 1.00 bits per heavy atom. The Balaban J connectivity index is 1.45. The van der Waals surface area contributed by atoms with E-state index in [1.165, 1.54) is 13.0 Å². The number of fused-ring (bicyclic) bond motifs is 1. The van der Waals surface area contributed by atoms with Crippen molar-refractivity contribution in [3.8, 4) is 0 Å². The second-order valence-electron chi connectivity index (χ2n) is 7.41. The summed E-state index contributed by atoms with van der Waals surface area (Å²) in [4.78, 5) is 30.6. The molecule has 0 aromatic heterocycles. The lowest BCUT2D eigenvalue weighted by atomic mass is 9.93. The average molecular weight is 393 g/mol. The van der Waals surface area contributed by atoms with Crippen LogP contribution in [-0.2, 0) is 9.59 Å². The summed E-state index contributed by atoms with van der Waals surface area (Å²) in [5, 5.41) is 0. The fourth-order valence-electron chi connectivity index (χ4n) is 4.11. The molecule has 0 spiro atoms. The number of benzene rings is 2. The molecule has 0 bridgehead atoms. The zero-order valence-corrected chi connectivity index (χ0v) is 16.4. The number of anilines is 1. The molecule has 2 aliphatic heterocycles. The first-order chi connectivity index (χ1) is 14.0. The lowest BCUT2D eigenvalue weighted by Crippen LogP contribution is -2.49. The van der Waals surface area contributed by atoms with Gasteiger partial charge in [0.15, 0.2) is 0 Å². The fourth-order valence-corrected chi connectivity index (χ4v) is 4.11. The lowest BCUT2D eigenvalue weighted by molar-refractivity contribution is -0.134. The van der Waals surface area contributed by atoms with E-state index in [0.29, 0.717) is 31.9 Å². The van der Waals surface area contributed by atoms with Crippen LogP contribution >= 0.6 is 0 Å². The highest BCUT2D eigenvalue weighted by Crippen LogP contribution is 2.33. The molecule has 0 saturated carbocycles. The molecule has 4 rings (SSSR count). The topological polar surface area (TPSA) is 43.9 Å². The highest BCUT2D eigenvalue weighted by Gasteiger charge is 2.31. The third-order valence-electron chi connectivity index (χ3n) is 5.66. The van der Waals surface area contributed by atoms with Crippen LogP contribution in [0.3, 0.4) is 0 Å². The SMILES string of the molecule is CC(=O)N1C=Cc2ccccc2C1CC(=O)N1CCN(c2ccccc2F)CC1. The van der Waals surface area contributed by atoms with Gasteiger partial charge >= 0.3 is 0 Å². The molecule has 1 unspecified atom stereocenters. The van der Waals surface area contributed by atoms with Gasteiger partial charge in [-0.1, -0.05) is 36.4 Å². The van der Waals surface area contributed by atoms with Crippen LogP contribution in [-0.4, -0.2) is 47.8 Å². The van der Waals surface area contributed by atoms with Crippen molar-refractivity contribution >= 4 is 23.6 Å². The molecule has 29 heavy (non-hydrogen) atoms. The van der Waals surface area contributed by atoms with Crippen molar-refractivity contribution in [3.05, 3.63) is 71.7 Å². The third kappa shape index (κ3) is 3.88. The van der Waals surface area contributed by atoms with E-state index >= 15 is 0 Å². The van der Waals surface area contributed by atoms with E-state index in [2.05, 4.69) is 0 Å². The second-order valence-corrected chi connectivity index (χ2v) is 7.41. The zero-order valence-electron chi connectivity index (χ0n) is 16.4. The van der Waals surface area contributed by atoms with Gasteiger partial charge in [0.1, 0.15) is 5.82 Å². The summed E-state index contributed by atoms with van der Waals surface area (Å²) < 4.78 is 14.0. The van der Waals surface area contributed by atoms with Crippen LogP contribution in [0.2, 0.25) is 0 Å². The first-order valence-corrected chi connectivity index (χ1v) is 9.88. The summed E-state index contributed by atoms with van der Waals surface area (Å²) in [6.45, 7) is 3.77. The van der Waals surface area contributed by atoms with Gasteiger partial charge in [0.25, 0.3) is 0 Å². The molecular formula is C23H24FN3O2. The highest BCUT2D eigenvalue weighted by atomic mass is 19.1. The number of hydrogen-bond donors (Lipinski definition) is 0. The number of para-hydroxylation sites is 1. The van der Waals surface area contributed by atoms with Crippen molar-refractivity contribution in [2.24, 2.45) is 0 Å². The van der Waals surface area contributed by atoms with Crippen molar-refractivity contribution in [2.45, 2.75) is 19.4 Å². The van der Waals surface area contributed by atoms with Crippen LogP contribution in [0, 0.1) is 5.82 Å². The Labute approximate surface area is 170 Å². The van der Waals surface area contributed by atoms with Crippen LogP contribution < -0.4 is 4.90 Å². The number of carbonyl (C=O) groups is 2. The summed E-state index contributed by atoms with van der Waals surface area (Å²) in [5.41, 5.74) is 2.60. The first-order valence-electron chi connectivity index (χ1n) is 9.88. The summed E-state index contributed by atoms with van der Waals surface area (Å²) in [7, 11) is 0. The number of rotatable bonds is 3. The molecule has 0 radical (unpaired) electrons. The van der Waals surface area contributed by atoms with Gasteiger partial charge in [-0.2, -0.15) is 0 Å². The Bertz CT molecular complexity index is 951. The van der Waals surface area contributed by atoms with E-state index in [-0.39, 0.29) is 30.1 Å². The van der Waals surface area contributed by atoms with Gasteiger partial charge < -0.3 is 14.7 Å². The largest absolute Gasteiger partial charge is 0.366 e. The van der Waals surface area contributed by atoms with Gasteiger partial charge in [-0.05, 0) is 29.3 Å². The predicted octanol–water partition coefficient (Wildman–Crippen LogP) is 3.44. The maximum absolute atomic E-state index is 14.0. The van der Waals surface area contributed by atoms with Crippen LogP contribution in [0.4, 0.5) is 10.1 Å². The number of piperazine rings is 1. The van der Waals surface area contributed by atoms with Crippen molar-refractivity contribution in [1.29, 1.82) is 0 Å². The summed E-state index contributed by atoms with van der Waals surface area (Å²) in [5.74, 6) is -0.313. The van der Waals surface area contributed by atoms with Gasteiger partial charge in [0.05, 0.1) is 18.2 Å². The zero-order chi connectivity index (χ0) is 20.4. The molecule has 1 saturated heterocycles. The minimum atomic E-state index is -0.300. The van der Waals surface area contributed by atoms with Crippen molar-refractivity contribution in [2.75, 3.05) is 31.1 Å². The molecule has 1 atom stereocenters. The summed E-state index contributed by atoms with van der Waals surface area (Å²) in [6.07, 6.45) is 3.91. The van der Waals surface area contributed by atoms with Gasteiger partial charge in [-0.15, -0.1) is 0 Å². The van der Waals surface area contributed by atoms with Gasteiger partial charge in [-0.3, -0.25) is 9.59 Å². The van der Waals surface area contributed by atoms with Gasteiger partial charge in [0, 0.05) is 39.3 Å². The Hall–Kier alpha value is -3.15. The standard InChI is InChI=1S/C23H24FN3O2/c1-17(28)27-11-10-18-6-2-3-7-19(18)22(27)16-23(29)26-14-12-25(13-15-26)21-9-5-4-8-20(21)24/h2-11,22H,12-16H2,1H3. The number of nitrogens with zero attached hydrogens (tertiary/aromatic N) is 3. The van der Waals surface area contributed by atoms with Gasteiger partial charge in [0.2, 0.25) is 11.8 Å². The van der Waals surface area contributed by atoms with Crippen LogP contribution in [0.25, 0.3) is 6.08 Å². The molecule has 1 fully saturated rings. The van der Waals surface area contributed by atoms with Crippen LogP contribution in [0.1, 0.15) is 30.5 Å². The second kappa shape index (κ2) is 8.07. The van der Waals surface area contributed by atoms with E-state index < -0.39 is 0 Å². The Morgan fingerprint density at radius 3 is 2.41 bits per heavy atom. The molecule has 2 amide bonds. The first kappa shape index (κ1) is 19.2. The van der Waals surface area contributed by atoms with E-state index in [4.69, 9.17) is 0 Å². The summed E-state index contributed by atoms with van der Waals surface area (Å²) in [6, 6.07) is 14.3. The average Bonchev–Trinajstić information content (AvgIpc) is 2.74. The molecular weight excluding hydrogens is 369 g/mol. The summed E-state index contributed by atoms with van der Waals surface area (Å²) >= 11 is 0. The molecule has 0 N–H and O–H groups in total. The monoisotopic (exact) mass is 393 g/mol. The molecule has 0 aliphatic carbocycles. The van der Waals surface area contributed by atoms with Crippen molar-refractivity contribution in [3.63, 3.8) is 0 Å². The van der Waals surface area contributed by atoms with Crippen molar-refractivity contribution in [1.82, 2.24) is 9.80 Å². The minimum Gasteiger partial charge on any atom is -0.366 e. The molecule has 5 nitrogen and oxygen atoms in total. The molecule has 2 aromatic carbocycles. The van der Waals surface area contributed by atoms with E-state index in [1.54, 1.807) is 23.2 Å². The molecule has 2 aliphatic rings. The maximum atomic E-state index is 14.0. The number of amides is 2. The smallest absolute Gasteiger partial charge is 0.225 e. The lowest BCUT2D eigenvalue weighted by Gasteiger charge is -2.38. The number of carbonyl (C=O) groups excluding carboxylic acids is 2. The van der Waals surface area contributed by atoms with Gasteiger partial charge in [-0.25, -0.2) is 4.39 Å². The molecule has 150 valence electrons.